The molecule has 0 aliphatic carbocycles. The van der Waals surface area contributed by atoms with Crippen LogP contribution in [0.5, 0.6) is 0 Å². The minimum atomic E-state index is -0.0103. The topological polar surface area (TPSA) is 48.0 Å². The molecule has 0 bridgehead atoms. The molecule has 0 unspecified atom stereocenters. The van der Waals surface area contributed by atoms with Crippen molar-refractivity contribution in [1.29, 1.82) is 0 Å². The van der Waals surface area contributed by atoms with Gasteiger partial charge in [0, 0.05) is 18.0 Å². The molecule has 0 aliphatic heterocycles. The maximum atomic E-state index is 12.0. The van der Waals surface area contributed by atoms with Gasteiger partial charge in [0.15, 0.2) is 0 Å². The van der Waals surface area contributed by atoms with Crippen LogP contribution in [-0.4, -0.2) is 17.0 Å². The highest BCUT2D eigenvalue weighted by Crippen LogP contribution is 2.06. The molecule has 0 fully saturated rings. The van der Waals surface area contributed by atoms with E-state index in [1.807, 2.05) is 42.6 Å². The SMILES string of the molecule is NCCc1ccn(C(=O)c2ccccc2)c1. The summed E-state index contributed by atoms with van der Waals surface area (Å²) in [5, 5.41) is 0. The number of aromatic nitrogens is 1. The second kappa shape index (κ2) is 4.77. The van der Waals surface area contributed by atoms with Crippen molar-refractivity contribution in [2.75, 3.05) is 6.54 Å². The quantitative estimate of drug-likeness (QED) is 0.845. The minimum absolute atomic E-state index is 0.0103. The van der Waals surface area contributed by atoms with E-state index in [2.05, 4.69) is 0 Å². The molecule has 0 aliphatic rings. The van der Waals surface area contributed by atoms with Crippen molar-refractivity contribution in [2.24, 2.45) is 5.73 Å². The fraction of sp³-hybridized carbons (Fsp3) is 0.154. The molecule has 3 nitrogen and oxygen atoms in total. The molecule has 1 aromatic heterocycles. The summed E-state index contributed by atoms with van der Waals surface area (Å²) in [4.78, 5) is 12.0. The molecule has 1 heterocycles. The molecule has 0 saturated heterocycles. The largest absolute Gasteiger partial charge is 0.330 e. The van der Waals surface area contributed by atoms with Crippen LogP contribution >= 0.6 is 0 Å². The summed E-state index contributed by atoms with van der Waals surface area (Å²) >= 11 is 0. The molecule has 0 amide bonds. The molecule has 3 heteroatoms. The van der Waals surface area contributed by atoms with E-state index in [1.54, 1.807) is 10.8 Å². The highest BCUT2D eigenvalue weighted by Gasteiger charge is 2.07. The van der Waals surface area contributed by atoms with Crippen molar-refractivity contribution in [1.82, 2.24) is 4.57 Å². The zero-order chi connectivity index (χ0) is 11.4. The van der Waals surface area contributed by atoms with Crippen LogP contribution in [0.15, 0.2) is 48.8 Å². The van der Waals surface area contributed by atoms with Crippen LogP contribution in [-0.2, 0) is 6.42 Å². The highest BCUT2D eigenvalue weighted by molar-refractivity contribution is 5.95. The lowest BCUT2D eigenvalue weighted by atomic mass is 10.2. The zero-order valence-corrected chi connectivity index (χ0v) is 8.97. The lowest BCUT2D eigenvalue weighted by Crippen LogP contribution is -2.09. The highest BCUT2D eigenvalue weighted by atomic mass is 16.2. The van der Waals surface area contributed by atoms with Crippen molar-refractivity contribution >= 4 is 5.91 Å². The maximum absolute atomic E-state index is 12.0. The van der Waals surface area contributed by atoms with Crippen LogP contribution in [0, 0.1) is 0 Å². The monoisotopic (exact) mass is 214 g/mol. The van der Waals surface area contributed by atoms with E-state index in [0.717, 1.165) is 12.0 Å². The van der Waals surface area contributed by atoms with Gasteiger partial charge in [0.2, 0.25) is 0 Å². The molecular formula is C13H14N2O. The maximum Gasteiger partial charge on any atom is 0.261 e. The Balaban J connectivity index is 2.21. The molecule has 2 N–H and O–H groups in total. The van der Waals surface area contributed by atoms with Crippen molar-refractivity contribution in [3.05, 3.63) is 59.9 Å². The molecule has 82 valence electrons. The van der Waals surface area contributed by atoms with E-state index >= 15 is 0 Å². The number of nitrogens with zero attached hydrogens (tertiary/aromatic N) is 1. The first-order chi connectivity index (χ1) is 7.81. The van der Waals surface area contributed by atoms with E-state index in [4.69, 9.17) is 5.73 Å². The molecule has 0 spiro atoms. The number of hydrogen-bond donors (Lipinski definition) is 1. The Morgan fingerprint density at radius 3 is 2.62 bits per heavy atom. The average Bonchev–Trinajstić information content (AvgIpc) is 2.78. The smallest absolute Gasteiger partial charge is 0.261 e. The van der Waals surface area contributed by atoms with E-state index in [1.165, 1.54) is 0 Å². The van der Waals surface area contributed by atoms with Crippen molar-refractivity contribution in [2.45, 2.75) is 6.42 Å². The Bertz CT molecular complexity index is 474. The lowest BCUT2D eigenvalue weighted by molar-refractivity contribution is 0.0960. The first-order valence-electron chi connectivity index (χ1n) is 5.28. The van der Waals surface area contributed by atoms with E-state index in [-0.39, 0.29) is 5.91 Å². The van der Waals surface area contributed by atoms with Gasteiger partial charge >= 0.3 is 0 Å². The van der Waals surface area contributed by atoms with Crippen LogP contribution in [0.25, 0.3) is 0 Å². The number of benzene rings is 1. The van der Waals surface area contributed by atoms with Gasteiger partial charge in [-0.2, -0.15) is 0 Å². The summed E-state index contributed by atoms with van der Waals surface area (Å²) in [6.45, 7) is 0.601. The number of carbonyl (C=O) groups is 1. The molecule has 2 aromatic rings. The Morgan fingerprint density at radius 2 is 1.94 bits per heavy atom. The number of carbonyl (C=O) groups excluding carboxylic acids is 1. The molecular weight excluding hydrogens is 200 g/mol. The first-order valence-corrected chi connectivity index (χ1v) is 5.28. The lowest BCUT2D eigenvalue weighted by Gasteiger charge is -2.00. The van der Waals surface area contributed by atoms with E-state index in [9.17, 15) is 4.79 Å². The van der Waals surface area contributed by atoms with Gasteiger partial charge in [-0.05, 0) is 36.7 Å². The van der Waals surface area contributed by atoms with Gasteiger partial charge in [-0.15, -0.1) is 0 Å². The Hall–Kier alpha value is -1.87. The third kappa shape index (κ3) is 2.20. The zero-order valence-electron chi connectivity index (χ0n) is 8.97. The molecule has 0 atom stereocenters. The molecule has 2 rings (SSSR count). The van der Waals surface area contributed by atoms with Crippen LogP contribution in [0.3, 0.4) is 0 Å². The number of nitrogens with two attached hydrogens (primary N) is 1. The summed E-state index contributed by atoms with van der Waals surface area (Å²) in [6.07, 6.45) is 4.41. The second-order valence-corrected chi connectivity index (χ2v) is 3.64. The normalized spacial score (nSPS) is 10.3. The third-order valence-corrected chi connectivity index (χ3v) is 2.44. The summed E-state index contributed by atoms with van der Waals surface area (Å²) in [7, 11) is 0. The summed E-state index contributed by atoms with van der Waals surface area (Å²) in [5.74, 6) is -0.0103. The van der Waals surface area contributed by atoms with Crippen LogP contribution in [0.1, 0.15) is 15.9 Å². The standard InChI is InChI=1S/C13H14N2O/c14-8-6-11-7-9-15(10-11)13(16)12-4-2-1-3-5-12/h1-5,7,9-10H,6,8,14H2. The van der Waals surface area contributed by atoms with Crippen LogP contribution in [0.2, 0.25) is 0 Å². The summed E-state index contributed by atoms with van der Waals surface area (Å²) in [6, 6.07) is 11.2. The van der Waals surface area contributed by atoms with Gasteiger partial charge in [0.1, 0.15) is 0 Å². The van der Waals surface area contributed by atoms with Gasteiger partial charge < -0.3 is 5.73 Å². The van der Waals surface area contributed by atoms with Crippen molar-refractivity contribution < 1.29 is 4.79 Å². The van der Waals surface area contributed by atoms with Gasteiger partial charge in [-0.25, -0.2) is 0 Å². The van der Waals surface area contributed by atoms with Crippen molar-refractivity contribution in [3.8, 4) is 0 Å². The Kier molecular flexibility index (Phi) is 3.17. The van der Waals surface area contributed by atoms with Gasteiger partial charge in [0.25, 0.3) is 5.91 Å². The molecule has 0 saturated carbocycles. The van der Waals surface area contributed by atoms with Crippen LogP contribution in [0.4, 0.5) is 0 Å². The number of hydrogen-bond acceptors (Lipinski definition) is 2. The predicted octanol–water partition coefficient (Wildman–Crippen LogP) is 1.68. The summed E-state index contributed by atoms with van der Waals surface area (Å²) < 4.78 is 1.60. The Morgan fingerprint density at radius 1 is 1.19 bits per heavy atom. The number of rotatable bonds is 3. The van der Waals surface area contributed by atoms with Gasteiger partial charge in [0.05, 0.1) is 0 Å². The fourth-order valence-electron chi connectivity index (χ4n) is 1.61. The molecule has 16 heavy (non-hydrogen) atoms. The molecule has 1 aromatic carbocycles. The third-order valence-electron chi connectivity index (χ3n) is 2.44. The Labute approximate surface area is 94.5 Å². The van der Waals surface area contributed by atoms with Crippen LogP contribution < -0.4 is 5.73 Å². The second-order valence-electron chi connectivity index (χ2n) is 3.64. The average molecular weight is 214 g/mol. The van der Waals surface area contributed by atoms with E-state index < -0.39 is 0 Å². The van der Waals surface area contributed by atoms with Crippen molar-refractivity contribution in [3.63, 3.8) is 0 Å². The summed E-state index contributed by atoms with van der Waals surface area (Å²) in [5.41, 5.74) is 7.24. The van der Waals surface area contributed by atoms with E-state index in [0.29, 0.717) is 12.1 Å². The van der Waals surface area contributed by atoms with Gasteiger partial charge in [-0.3, -0.25) is 9.36 Å². The fourth-order valence-corrected chi connectivity index (χ4v) is 1.61. The molecule has 0 radical (unpaired) electrons. The first kappa shape index (κ1) is 10.6. The minimum Gasteiger partial charge on any atom is -0.330 e. The van der Waals surface area contributed by atoms with Gasteiger partial charge in [-0.1, -0.05) is 18.2 Å². The predicted molar refractivity (Wildman–Crippen MR) is 63.4 cm³/mol.